The van der Waals surface area contributed by atoms with Crippen molar-refractivity contribution in [1.82, 2.24) is 0 Å². The molecule has 5 heteroatoms. The maximum atomic E-state index is 8.56. The minimum absolute atomic E-state index is 0.174. The summed E-state index contributed by atoms with van der Waals surface area (Å²) in [4.78, 5) is 2.98. The van der Waals surface area contributed by atoms with Crippen LogP contribution in [0.3, 0.4) is 0 Å². The molecule has 0 amide bonds. The molecule has 0 aromatic rings. The third-order valence-corrected chi connectivity index (χ3v) is 4.01. The van der Waals surface area contributed by atoms with Crippen LogP contribution in [0.5, 0.6) is 0 Å². The highest BCUT2D eigenvalue weighted by molar-refractivity contribution is 5.05. The molecule has 74 valence electrons. The van der Waals surface area contributed by atoms with Gasteiger partial charge in [-0.3, -0.25) is 0 Å². The summed E-state index contributed by atoms with van der Waals surface area (Å²) in [5.74, 6) is 0.958. The normalized spacial score (nSPS) is 48.7. The van der Waals surface area contributed by atoms with Gasteiger partial charge in [-0.1, -0.05) is 5.11 Å². The molecule has 0 aromatic heterocycles. The Balaban J connectivity index is 2.01. The summed E-state index contributed by atoms with van der Waals surface area (Å²) in [6, 6.07) is 0.857. The fraction of sp³-hybridized carbons (Fsp3) is 1.00. The lowest BCUT2D eigenvalue weighted by atomic mass is 9.93. The van der Waals surface area contributed by atoms with Gasteiger partial charge in [0.05, 0.1) is 12.1 Å². The van der Waals surface area contributed by atoms with E-state index in [1.165, 1.54) is 12.8 Å². The van der Waals surface area contributed by atoms with Gasteiger partial charge in [0.2, 0.25) is 0 Å². The maximum absolute atomic E-state index is 8.56. The zero-order valence-electron chi connectivity index (χ0n) is 7.95. The predicted octanol–water partition coefficient (Wildman–Crippen LogP) is 2.69. The van der Waals surface area contributed by atoms with Crippen LogP contribution in [0.4, 0.5) is 0 Å². The molecule has 0 N–H and O–H groups in total. The lowest BCUT2D eigenvalue weighted by Crippen LogP contribution is -2.25. The van der Waals surface area contributed by atoms with Crippen LogP contribution in [-0.2, 0) is 0 Å². The number of azide groups is 1. The largest absolute Gasteiger partial charge is 0.190 e. The first-order chi connectivity index (χ1) is 6.90. The Bertz CT molecular complexity index is 297. The number of hydrogen-bond acceptors (Lipinski definition) is 3. The first-order valence-corrected chi connectivity index (χ1v) is 5.34. The topological polar surface area (TPSA) is 73.5 Å². The number of hydrogen-bond donors (Lipinski definition) is 0. The lowest BCUT2D eigenvalue weighted by molar-refractivity contribution is 0.340. The molecule has 4 bridgehead atoms. The number of rotatable bonds is 1. The second-order valence-electron chi connectivity index (χ2n) is 4.54. The van der Waals surface area contributed by atoms with Crippen LogP contribution in [0.25, 0.3) is 10.4 Å². The van der Waals surface area contributed by atoms with E-state index in [0.29, 0.717) is 23.9 Å². The molecule has 0 spiro atoms. The first kappa shape index (κ1) is 8.24. The van der Waals surface area contributed by atoms with E-state index in [1.54, 1.807) is 0 Å². The molecule has 2 aliphatic heterocycles. The maximum Gasteiger partial charge on any atom is 0.0741 e. The highest BCUT2D eigenvalue weighted by atomic mass is 15.2. The second-order valence-corrected chi connectivity index (χ2v) is 4.54. The molecule has 4 unspecified atom stereocenters. The summed E-state index contributed by atoms with van der Waals surface area (Å²) < 4.78 is 0. The number of azo groups is 1. The summed E-state index contributed by atoms with van der Waals surface area (Å²) in [5, 5.41) is 12.7. The minimum atomic E-state index is 0.174. The van der Waals surface area contributed by atoms with Crippen LogP contribution < -0.4 is 0 Å². The van der Waals surface area contributed by atoms with Crippen molar-refractivity contribution < 1.29 is 0 Å². The second kappa shape index (κ2) is 2.95. The summed E-state index contributed by atoms with van der Waals surface area (Å²) in [5.41, 5.74) is 8.56. The van der Waals surface area contributed by atoms with Crippen molar-refractivity contribution >= 4 is 0 Å². The van der Waals surface area contributed by atoms with Gasteiger partial charge in [0.25, 0.3) is 0 Å². The summed E-state index contributed by atoms with van der Waals surface area (Å²) >= 11 is 0. The van der Waals surface area contributed by atoms with Gasteiger partial charge in [0, 0.05) is 11.0 Å². The Kier molecular flexibility index (Phi) is 1.74. The van der Waals surface area contributed by atoms with E-state index in [4.69, 9.17) is 5.53 Å². The van der Waals surface area contributed by atoms with E-state index in [2.05, 4.69) is 20.3 Å². The van der Waals surface area contributed by atoms with Crippen molar-refractivity contribution in [2.75, 3.05) is 0 Å². The molecule has 2 fully saturated rings. The molecule has 2 aliphatic carbocycles. The van der Waals surface area contributed by atoms with Crippen molar-refractivity contribution in [1.29, 1.82) is 0 Å². The van der Waals surface area contributed by atoms with Gasteiger partial charge in [-0.05, 0) is 43.1 Å². The summed E-state index contributed by atoms with van der Waals surface area (Å²) in [6.07, 6.45) is 4.64. The molecule has 0 aromatic carbocycles. The highest BCUT2D eigenvalue weighted by Gasteiger charge is 2.48. The molecule has 2 saturated carbocycles. The minimum Gasteiger partial charge on any atom is -0.190 e. The van der Waals surface area contributed by atoms with Crippen LogP contribution in [-0.4, -0.2) is 18.1 Å². The van der Waals surface area contributed by atoms with Crippen molar-refractivity contribution in [2.24, 2.45) is 27.2 Å². The van der Waals surface area contributed by atoms with Gasteiger partial charge in [0.15, 0.2) is 0 Å². The highest BCUT2D eigenvalue weighted by Crippen LogP contribution is 2.47. The average Bonchev–Trinajstić information content (AvgIpc) is 2.48. The van der Waals surface area contributed by atoms with Crippen molar-refractivity contribution in [3.63, 3.8) is 0 Å². The third-order valence-electron chi connectivity index (χ3n) is 4.01. The zero-order chi connectivity index (χ0) is 9.54. The van der Waals surface area contributed by atoms with Crippen LogP contribution in [0.1, 0.15) is 25.7 Å². The third kappa shape index (κ3) is 0.989. The van der Waals surface area contributed by atoms with Crippen LogP contribution >= 0.6 is 0 Å². The van der Waals surface area contributed by atoms with Gasteiger partial charge < -0.3 is 0 Å². The van der Waals surface area contributed by atoms with Gasteiger partial charge >= 0.3 is 0 Å². The smallest absolute Gasteiger partial charge is 0.0741 e. The van der Waals surface area contributed by atoms with E-state index in [9.17, 15) is 0 Å². The fourth-order valence-electron chi connectivity index (χ4n) is 3.34. The van der Waals surface area contributed by atoms with Crippen LogP contribution in [0.15, 0.2) is 15.3 Å². The SMILES string of the molecule is [N-]=[N+]=NC1C2CCC1C1CCC2N=N1. The molecule has 5 nitrogen and oxygen atoms in total. The summed E-state index contributed by atoms with van der Waals surface area (Å²) in [6.45, 7) is 0. The van der Waals surface area contributed by atoms with Crippen molar-refractivity contribution in [2.45, 2.75) is 43.8 Å². The molecule has 4 atom stereocenters. The Morgan fingerprint density at radius 1 is 1.00 bits per heavy atom. The molecule has 0 saturated heterocycles. The number of fused-ring (bicyclic) bond motifs is 1. The van der Waals surface area contributed by atoms with E-state index in [-0.39, 0.29) is 6.04 Å². The predicted molar refractivity (Wildman–Crippen MR) is 50.8 cm³/mol. The quantitative estimate of drug-likeness (QED) is 0.347. The van der Waals surface area contributed by atoms with E-state index in [1.807, 2.05) is 0 Å². The van der Waals surface area contributed by atoms with Gasteiger partial charge in [-0.25, -0.2) is 0 Å². The van der Waals surface area contributed by atoms with Crippen molar-refractivity contribution in [3.8, 4) is 0 Å². The molecule has 4 aliphatic rings. The molecule has 2 heterocycles. The van der Waals surface area contributed by atoms with E-state index in [0.717, 1.165) is 12.8 Å². The fourth-order valence-corrected chi connectivity index (χ4v) is 3.34. The Hall–Kier alpha value is -1.09. The molecular weight excluding hydrogens is 178 g/mol. The average molecular weight is 191 g/mol. The molecule has 14 heavy (non-hydrogen) atoms. The molecular formula is C9H13N5. The van der Waals surface area contributed by atoms with Gasteiger partial charge in [-0.15, -0.1) is 0 Å². The zero-order valence-corrected chi connectivity index (χ0v) is 7.95. The Morgan fingerprint density at radius 2 is 1.57 bits per heavy atom. The van der Waals surface area contributed by atoms with Gasteiger partial charge in [0.1, 0.15) is 0 Å². The van der Waals surface area contributed by atoms with E-state index < -0.39 is 0 Å². The monoisotopic (exact) mass is 191 g/mol. The standard InChI is InChI=1S/C9H13N5/c10-14-13-9-5-1-2-6(9)8-4-3-7(5)11-12-8/h5-9H,1-4H2. The number of nitrogens with zero attached hydrogens (tertiary/aromatic N) is 5. The Morgan fingerprint density at radius 3 is 2.00 bits per heavy atom. The van der Waals surface area contributed by atoms with Crippen LogP contribution in [0, 0.1) is 11.8 Å². The Labute approximate surface area is 82.2 Å². The van der Waals surface area contributed by atoms with Gasteiger partial charge in [-0.2, -0.15) is 10.2 Å². The molecule has 0 radical (unpaired) electrons. The summed E-state index contributed by atoms with van der Waals surface area (Å²) in [7, 11) is 0. The van der Waals surface area contributed by atoms with E-state index >= 15 is 0 Å². The molecule has 4 rings (SSSR count). The lowest BCUT2D eigenvalue weighted by Gasteiger charge is -2.23. The van der Waals surface area contributed by atoms with Crippen LogP contribution in [0.2, 0.25) is 0 Å². The first-order valence-electron chi connectivity index (χ1n) is 5.34. The van der Waals surface area contributed by atoms with Crippen molar-refractivity contribution in [3.05, 3.63) is 10.4 Å².